The highest BCUT2D eigenvalue weighted by Crippen LogP contribution is 2.23. The Hall–Kier alpha value is -0.430. The molecule has 1 unspecified atom stereocenters. The molecule has 1 heterocycles. The molecule has 1 aromatic heterocycles. The standard InChI is InChI=1S/C13H20BrNO3S/c1-18-9-10(16)7-8-15-13(17)4-2-3-11-5-6-12(14)19-11/h5-6,10,16H,2-4,7-9H2,1H3,(H,15,17). The lowest BCUT2D eigenvalue weighted by Gasteiger charge is -2.09. The second-order valence-electron chi connectivity index (χ2n) is 4.31. The summed E-state index contributed by atoms with van der Waals surface area (Å²) in [6.45, 7) is 0.803. The first-order valence-electron chi connectivity index (χ1n) is 6.29. The number of carbonyl (C=O) groups excluding carboxylic acids is 1. The van der Waals surface area contributed by atoms with Gasteiger partial charge in [-0.05, 0) is 47.3 Å². The largest absolute Gasteiger partial charge is 0.391 e. The summed E-state index contributed by atoms with van der Waals surface area (Å²) in [5.74, 6) is 0.0419. The summed E-state index contributed by atoms with van der Waals surface area (Å²) in [7, 11) is 1.55. The van der Waals surface area contributed by atoms with E-state index in [0.717, 1.165) is 16.6 Å². The van der Waals surface area contributed by atoms with Gasteiger partial charge in [0.2, 0.25) is 5.91 Å². The second kappa shape index (κ2) is 9.47. The van der Waals surface area contributed by atoms with E-state index < -0.39 is 6.10 Å². The summed E-state index contributed by atoms with van der Waals surface area (Å²) in [6.07, 6.45) is 2.32. The number of amides is 1. The van der Waals surface area contributed by atoms with Crippen LogP contribution in [0.25, 0.3) is 0 Å². The second-order valence-corrected chi connectivity index (χ2v) is 6.85. The van der Waals surface area contributed by atoms with Crippen molar-refractivity contribution < 1.29 is 14.6 Å². The van der Waals surface area contributed by atoms with Crippen LogP contribution in [0, 0.1) is 0 Å². The molecule has 4 nitrogen and oxygen atoms in total. The number of aliphatic hydroxyl groups excluding tert-OH is 1. The van der Waals surface area contributed by atoms with Crippen molar-refractivity contribution in [3.63, 3.8) is 0 Å². The van der Waals surface area contributed by atoms with Gasteiger partial charge in [0.05, 0.1) is 16.5 Å². The lowest BCUT2D eigenvalue weighted by atomic mass is 10.2. The van der Waals surface area contributed by atoms with Gasteiger partial charge < -0.3 is 15.2 Å². The zero-order valence-electron chi connectivity index (χ0n) is 11.0. The molecule has 1 amide bonds. The first kappa shape index (κ1) is 16.6. The number of carbonyl (C=O) groups is 1. The van der Waals surface area contributed by atoms with Crippen molar-refractivity contribution in [1.82, 2.24) is 5.32 Å². The predicted octanol–water partition coefficient (Wildman–Crippen LogP) is 2.35. The maximum atomic E-state index is 11.5. The van der Waals surface area contributed by atoms with E-state index in [-0.39, 0.29) is 5.91 Å². The maximum Gasteiger partial charge on any atom is 0.220 e. The molecule has 0 aliphatic heterocycles. The van der Waals surface area contributed by atoms with Crippen molar-refractivity contribution >= 4 is 33.2 Å². The van der Waals surface area contributed by atoms with Gasteiger partial charge in [-0.25, -0.2) is 0 Å². The molecule has 19 heavy (non-hydrogen) atoms. The minimum atomic E-state index is -0.506. The Bertz CT molecular complexity index is 384. The molecule has 2 N–H and O–H groups in total. The van der Waals surface area contributed by atoms with E-state index in [1.807, 2.05) is 6.07 Å². The summed E-state index contributed by atoms with van der Waals surface area (Å²) in [6, 6.07) is 4.10. The maximum absolute atomic E-state index is 11.5. The van der Waals surface area contributed by atoms with Gasteiger partial charge in [-0.15, -0.1) is 11.3 Å². The third-order valence-electron chi connectivity index (χ3n) is 2.61. The van der Waals surface area contributed by atoms with E-state index in [1.54, 1.807) is 18.4 Å². The van der Waals surface area contributed by atoms with Crippen molar-refractivity contribution in [3.05, 3.63) is 20.8 Å². The molecule has 6 heteroatoms. The number of thiophene rings is 1. The Morgan fingerprint density at radius 3 is 3.00 bits per heavy atom. The fraction of sp³-hybridized carbons (Fsp3) is 0.615. The van der Waals surface area contributed by atoms with E-state index in [4.69, 9.17) is 4.74 Å². The highest BCUT2D eigenvalue weighted by Gasteiger charge is 2.06. The predicted molar refractivity (Wildman–Crippen MR) is 80.5 cm³/mol. The number of hydrogen-bond donors (Lipinski definition) is 2. The fourth-order valence-electron chi connectivity index (χ4n) is 1.65. The molecule has 108 valence electrons. The molecule has 1 aromatic rings. The van der Waals surface area contributed by atoms with Crippen LogP contribution in [0.4, 0.5) is 0 Å². The molecule has 1 atom stereocenters. The molecule has 0 saturated carbocycles. The number of hydrogen-bond acceptors (Lipinski definition) is 4. The lowest BCUT2D eigenvalue weighted by molar-refractivity contribution is -0.121. The fourth-order valence-corrected chi connectivity index (χ4v) is 3.18. The average Bonchev–Trinajstić information content (AvgIpc) is 2.75. The summed E-state index contributed by atoms with van der Waals surface area (Å²) >= 11 is 5.12. The van der Waals surface area contributed by atoms with Gasteiger partial charge in [0, 0.05) is 25.0 Å². The highest BCUT2D eigenvalue weighted by molar-refractivity contribution is 9.11. The van der Waals surface area contributed by atoms with Crippen LogP contribution >= 0.6 is 27.3 Å². The number of nitrogens with one attached hydrogen (secondary N) is 1. The molecule has 0 radical (unpaired) electrons. The minimum absolute atomic E-state index is 0.0419. The number of methoxy groups -OCH3 is 1. The third-order valence-corrected chi connectivity index (χ3v) is 4.30. The molecule has 0 aliphatic rings. The van der Waals surface area contributed by atoms with Gasteiger partial charge in [-0.3, -0.25) is 4.79 Å². The smallest absolute Gasteiger partial charge is 0.220 e. The van der Waals surface area contributed by atoms with Crippen LogP contribution in [0.1, 0.15) is 24.1 Å². The monoisotopic (exact) mass is 349 g/mol. The van der Waals surface area contributed by atoms with Gasteiger partial charge in [0.25, 0.3) is 0 Å². The van der Waals surface area contributed by atoms with E-state index >= 15 is 0 Å². The Balaban J connectivity index is 2.05. The summed E-state index contributed by atoms with van der Waals surface area (Å²) in [5, 5.41) is 12.2. The number of aliphatic hydroxyl groups is 1. The molecule has 0 fully saturated rings. The lowest BCUT2D eigenvalue weighted by Crippen LogP contribution is -2.28. The van der Waals surface area contributed by atoms with E-state index in [1.165, 1.54) is 4.88 Å². The minimum Gasteiger partial charge on any atom is -0.391 e. The zero-order chi connectivity index (χ0) is 14.1. The summed E-state index contributed by atoms with van der Waals surface area (Å²) in [5.41, 5.74) is 0. The van der Waals surface area contributed by atoms with Gasteiger partial charge in [0.15, 0.2) is 0 Å². The summed E-state index contributed by atoms with van der Waals surface area (Å²) < 4.78 is 5.94. The molecule has 0 spiro atoms. The Morgan fingerprint density at radius 1 is 1.58 bits per heavy atom. The highest BCUT2D eigenvalue weighted by atomic mass is 79.9. The molecule has 0 saturated heterocycles. The number of aryl methyl sites for hydroxylation is 1. The van der Waals surface area contributed by atoms with Crippen molar-refractivity contribution in [2.24, 2.45) is 0 Å². The average molecular weight is 350 g/mol. The zero-order valence-corrected chi connectivity index (χ0v) is 13.4. The normalized spacial score (nSPS) is 12.4. The van der Waals surface area contributed by atoms with Crippen LogP contribution in [-0.4, -0.2) is 37.4 Å². The topological polar surface area (TPSA) is 58.6 Å². The van der Waals surface area contributed by atoms with Crippen LogP contribution in [0.2, 0.25) is 0 Å². The molecular weight excluding hydrogens is 330 g/mol. The van der Waals surface area contributed by atoms with E-state index in [9.17, 15) is 9.90 Å². The first-order valence-corrected chi connectivity index (χ1v) is 7.90. The third kappa shape index (κ3) is 7.67. The molecule has 0 aliphatic carbocycles. The van der Waals surface area contributed by atoms with Gasteiger partial charge in [0.1, 0.15) is 0 Å². The molecule has 0 bridgehead atoms. The van der Waals surface area contributed by atoms with E-state index in [2.05, 4.69) is 27.3 Å². The van der Waals surface area contributed by atoms with Gasteiger partial charge >= 0.3 is 0 Å². The number of rotatable bonds is 9. The molecule has 1 rings (SSSR count). The molecular formula is C13H20BrNO3S. The van der Waals surface area contributed by atoms with Crippen molar-refractivity contribution in [2.45, 2.75) is 31.8 Å². The van der Waals surface area contributed by atoms with Crippen LogP contribution < -0.4 is 5.32 Å². The van der Waals surface area contributed by atoms with Gasteiger partial charge in [-0.2, -0.15) is 0 Å². The summed E-state index contributed by atoms with van der Waals surface area (Å²) in [4.78, 5) is 12.8. The van der Waals surface area contributed by atoms with E-state index in [0.29, 0.717) is 26.0 Å². The Kier molecular flexibility index (Phi) is 8.29. The number of halogens is 1. The van der Waals surface area contributed by atoms with Gasteiger partial charge in [-0.1, -0.05) is 0 Å². The van der Waals surface area contributed by atoms with Crippen LogP contribution in [0.5, 0.6) is 0 Å². The van der Waals surface area contributed by atoms with Crippen molar-refractivity contribution in [1.29, 1.82) is 0 Å². The SMILES string of the molecule is COCC(O)CCNC(=O)CCCc1ccc(Br)s1. The number of ether oxygens (including phenoxy) is 1. The van der Waals surface area contributed by atoms with Crippen LogP contribution in [-0.2, 0) is 16.0 Å². The Labute approximate surface area is 126 Å². The molecule has 0 aromatic carbocycles. The quantitative estimate of drug-likeness (QED) is 0.719. The van der Waals surface area contributed by atoms with Crippen molar-refractivity contribution in [2.75, 3.05) is 20.3 Å². The Morgan fingerprint density at radius 2 is 2.37 bits per heavy atom. The van der Waals surface area contributed by atoms with Crippen molar-refractivity contribution in [3.8, 4) is 0 Å². The first-order chi connectivity index (χ1) is 9.11. The van der Waals surface area contributed by atoms with Crippen LogP contribution in [0.15, 0.2) is 15.9 Å². The van der Waals surface area contributed by atoms with Crippen LogP contribution in [0.3, 0.4) is 0 Å².